The van der Waals surface area contributed by atoms with Crippen molar-refractivity contribution >= 4 is 11.6 Å². The van der Waals surface area contributed by atoms with Crippen molar-refractivity contribution in [3.8, 4) is 5.75 Å². The van der Waals surface area contributed by atoms with Crippen LogP contribution in [0, 0.1) is 0 Å². The van der Waals surface area contributed by atoms with Gasteiger partial charge < -0.3 is 20.3 Å². The van der Waals surface area contributed by atoms with Gasteiger partial charge in [-0.25, -0.2) is 0 Å². The first-order chi connectivity index (χ1) is 9.52. The first-order valence-electron chi connectivity index (χ1n) is 6.92. The molecule has 1 saturated heterocycles. The predicted octanol–water partition coefficient (Wildman–Crippen LogP) is 1.44. The van der Waals surface area contributed by atoms with Gasteiger partial charge in [0.25, 0.3) is 5.91 Å². The third-order valence-corrected chi connectivity index (χ3v) is 4.01. The molecule has 1 aliphatic rings. The minimum atomic E-state index is -0.0243. The van der Waals surface area contributed by atoms with E-state index in [0.29, 0.717) is 17.0 Å². The van der Waals surface area contributed by atoms with Crippen LogP contribution in [-0.2, 0) is 0 Å². The summed E-state index contributed by atoms with van der Waals surface area (Å²) in [5, 5.41) is 0. The highest BCUT2D eigenvalue weighted by molar-refractivity contribution is 5.97. The van der Waals surface area contributed by atoms with E-state index < -0.39 is 0 Å². The Labute approximate surface area is 120 Å². The molecular weight excluding hydrogens is 254 g/mol. The number of piperidine rings is 1. The molecule has 0 radical (unpaired) electrons. The molecule has 110 valence electrons. The first-order valence-corrected chi connectivity index (χ1v) is 6.92. The summed E-state index contributed by atoms with van der Waals surface area (Å²) in [5.74, 6) is 0.549. The van der Waals surface area contributed by atoms with Crippen molar-refractivity contribution in [2.75, 3.05) is 40.0 Å². The summed E-state index contributed by atoms with van der Waals surface area (Å²) in [6.45, 7) is 2.05. The molecule has 1 aromatic rings. The van der Waals surface area contributed by atoms with Gasteiger partial charge in [-0.1, -0.05) is 0 Å². The van der Waals surface area contributed by atoms with Gasteiger partial charge in [0.05, 0.1) is 12.7 Å². The van der Waals surface area contributed by atoms with Crippen LogP contribution >= 0.6 is 0 Å². The highest BCUT2D eigenvalue weighted by atomic mass is 16.5. The van der Waals surface area contributed by atoms with Crippen LogP contribution in [0.15, 0.2) is 18.2 Å². The molecular formula is C15H23N3O2. The van der Waals surface area contributed by atoms with E-state index in [9.17, 15) is 4.79 Å². The molecule has 0 atom stereocenters. The molecule has 1 amide bonds. The summed E-state index contributed by atoms with van der Waals surface area (Å²) in [6.07, 6.45) is 2.01. The fourth-order valence-electron chi connectivity index (χ4n) is 2.63. The topological polar surface area (TPSA) is 58.8 Å². The molecule has 0 aliphatic carbocycles. The van der Waals surface area contributed by atoms with Crippen molar-refractivity contribution in [3.63, 3.8) is 0 Å². The third kappa shape index (κ3) is 3.04. The third-order valence-electron chi connectivity index (χ3n) is 4.01. The number of hydrogen-bond donors (Lipinski definition) is 1. The van der Waals surface area contributed by atoms with Crippen molar-refractivity contribution < 1.29 is 9.53 Å². The summed E-state index contributed by atoms with van der Waals surface area (Å²) < 4.78 is 5.26. The number of carbonyl (C=O) groups is 1. The standard InChI is InChI=1S/C15H23N3O2/c1-17-8-6-12(7-9-17)18(2)15(19)13-10-11(16)4-5-14(13)20-3/h4-5,10,12H,6-9,16H2,1-3H3. The maximum atomic E-state index is 12.6. The minimum Gasteiger partial charge on any atom is -0.496 e. The lowest BCUT2D eigenvalue weighted by Gasteiger charge is -2.35. The molecule has 5 nitrogen and oxygen atoms in total. The van der Waals surface area contributed by atoms with Crippen molar-refractivity contribution in [3.05, 3.63) is 23.8 Å². The maximum absolute atomic E-state index is 12.6. The largest absolute Gasteiger partial charge is 0.496 e. The summed E-state index contributed by atoms with van der Waals surface area (Å²) in [7, 11) is 5.54. The van der Waals surface area contributed by atoms with E-state index in [-0.39, 0.29) is 11.9 Å². The Balaban J connectivity index is 2.16. The molecule has 0 spiro atoms. The van der Waals surface area contributed by atoms with E-state index >= 15 is 0 Å². The number of likely N-dealkylation sites (tertiary alicyclic amines) is 1. The van der Waals surface area contributed by atoms with E-state index in [2.05, 4.69) is 11.9 Å². The zero-order valence-corrected chi connectivity index (χ0v) is 12.4. The van der Waals surface area contributed by atoms with Gasteiger partial charge >= 0.3 is 0 Å². The lowest BCUT2D eigenvalue weighted by Crippen LogP contribution is -2.44. The molecule has 0 saturated carbocycles. The van der Waals surface area contributed by atoms with Gasteiger partial charge in [0.1, 0.15) is 5.75 Å². The molecule has 1 aliphatic heterocycles. The van der Waals surface area contributed by atoms with Crippen LogP contribution in [0.4, 0.5) is 5.69 Å². The van der Waals surface area contributed by atoms with Crippen LogP contribution in [0.5, 0.6) is 5.75 Å². The summed E-state index contributed by atoms with van der Waals surface area (Å²) in [5.41, 5.74) is 6.89. The first kappa shape index (κ1) is 14.7. The Hall–Kier alpha value is -1.75. The molecule has 5 heteroatoms. The number of nitrogen functional groups attached to an aromatic ring is 1. The molecule has 20 heavy (non-hydrogen) atoms. The average Bonchev–Trinajstić information content (AvgIpc) is 2.46. The van der Waals surface area contributed by atoms with E-state index in [0.717, 1.165) is 25.9 Å². The maximum Gasteiger partial charge on any atom is 0.257 e. The van der Waals surface area contributed by atoms with E-state index in [1.54, 1.807) is 25.3 Å². The average molecular weight is 277 g/mol. The Kier molecular flexibility index (Phi) is 4.49. The lowest BCUT2D eigenvalue weighted by atomic mass is 10.0. The molecule has 2 N–H and O–H groups in total. The highest BCUT2D eigenvalue weighted by Crippen LogP contribution is 2.24. The summed E-state index contributed by atoms with van der Waals surface area (Å²) >= 11 is 0. The molecule has 0 aromatic heterocycles. The Morgan fingerprint density at radius 2 is 2.05 bits per heavy atom. The fraction of sp³-hybridized carbons (Fsp3) is 0.533. The number of nitrogens with zero attached hydrogens (tertiary/aromatic N) is 2. The van der Waals surface area contributed by atoms with Crippen LogP contribution in [-0.4, -0.2) is 56.0 Å². The number of carbonyl (C=O) groups excluding carboxylic acids is 1. The van der Waals surface area contributed by atoms with E-state index in [1.165, 1.54) is 0 Å². The smallest absolute Gasteiger partial charge is 0.257 e. The zero-order valence-electron chi connectivity index (χ0n) is 12.4. The zero-order chi connectivity index (χ0) is 14.7. The van der Waals surface area contributed by atoms with E-state index in [4.69, 9.17) is 10.5 Å². The lowest BCUT2D eigenvalue weighted by molar-refractivity contribution is 0.0656. The Morgan fingerprint density at radius 3 is 2.65 bits per heavy atom. The minimum absolute atomic E-state index is 0.0243. The number of methoxy groups -OCH3 is 1. The molecule has 1 fully saturated rings. The van der Waals surface area contributed by atoms with Crippen LogP contribution in [0.1, 0.15) is 23.2 Å². The number of benzene rings is 1. The second-order valence-electron chi connectivity index (χ2n) is 5.41. The SMILES string of the molecule is COc1ccc(N)cc1C(=O)N(C)C1CCN(C)CC1. The van der Waals surface area contributed by atoms with Gasteiger partial charge in [-0.15, -0.1) is 0 Å². The van der Waals surface area contributed by atoms with Gasteiger partial charge in [0.2, 0.25) is 0 Å². The van der Waals surface area contributed by atoms with Crippen LogP contribution < -0.4 is 10.5 Å². The number of rotatable bonds is 3. The number of nitrogens with two attached hydrogens (primary N) is 1. The van der Waals surface area contributed by atoms with Crippen molar-refractivity contribution in [1.82, 2.24) is 9.80 Å². The van der Waals surface area contributed by atoms with Crippen LogP contribution in [0.2, 0.25) is 0 Å². The molecule has 1 heterocycles. The van der Waals surface area contributed by atoms with Gasteiger partial charge in [-0.2, -0.15) is 0 Å². The molecule has 0 unspecified atom stereocenters. The second kappa shape index (κ2) is 6.13. The number of ether oxygens (including phenoxy) is 1. The van der Waals surface area contributed by atoms with Gasteiger partial charge in [0.15, 0.2) is 0 Å². The quantitative estimate of drug-likeness (QED) is 0.849. The molecule has 1 aromatic carbocycles. The monoisotopic (exact) mass is 277 g/mol. The highest BCUT2D eigenvalue weighted by Gasteiger charge is 2.26. The second-order valence-corrected chi connectivity index (χ2v) is 5.41. The summed E-state index contributed by atoms with van der Waals surface area (Å²) in [4.78, 5) is 16.7. The van der Waals surface area contributed by atoms with Crippen LogP contribution in [0.3, 0.4) is 0 Å². The van der Waals surface area contributed by atoms with E-state index in [1.807, 2.05) is 11.9 Å². The van der Waals surface area contributed by atoms with Gasteiger partial charge in [-0.3, -0.25) is 4.79 Å². The van der Waals surface area contributed by atoms with Crippen LogP contribution in [0.25, 0.3) is 0 Å². The van der Waals surface area contributed by atoms with Crippen molar-refractivity contribution in [2.45, 2.75) is 18.9 Å². The van der Waals surface area contributed by atoms with Gasteiger partial charge in [0, 0.05) is 18.8 Å². The fourth-order valence-corrected chi connectivity index (χ4v) is 2.63. The number of anilines is 1. The Bertz CT molecular complexity index is 482. The van der Waals surface area contributed by atoms with Crippen molar-refractivity contribution in [2.24, 2.45) is 0 Å². The number of hydrogen-bond acceptors (Lipinski definition) is 4. The van der Waals surface area contributed by atoms with Gasteiger partial charge in [-0.05, 0) is 51.2 Å². The Morgan fingerprint density at radius 1 is 1.40 bits per heavy atom. The normalized spacial score (nSPS) is 16.9. The number of amides is 1. The van der Waals surface area contributed by atoms with Crippen molar-refractivity contribution in [1.29, 1.82) is 0 Å². The molecule has 0 bridgehead atoms. The molecule has 2 rings (SSSR count). The predicted molar refractivity (Wildman–Crippen MR) is 80.0 cm³/mol. The summed E-state index contributed by atoms with van der Waals surface area (Å²) in [6, 6.07) is 5.45.